The lowest BCUT2D eigenvalue weighted by atomic mass is 10.1. The van der Waals surface area contributed by atoms with Crippen LogP contribution in [0.5, 0.6) is 0 Å². The van der Waals surface area contributed by atoms with Gasteiger partial charge in [0.05, 0.1) is 0 Å². The van der Waals surface area contributed by atoms with Gasteiger partial charge in [-0.2, -0.15) is 0 Å². The predicted molar refractivity (Wildman–Crippen MR) is 77.0 cm³/mol. The van der Waals surface area contributed by atoms with Gasteiger partial charge in [-0.1, -0.05) is 19.3 Å². The molecule has 0 aromatic rings. The molecule has 3 heteroatoms. The highest BCUT2D eigenvalue weighted by Gasteiger charge is 2.18. The molecule has 1 unspecified atom stereocenters. The van der Waals surface area contributed by atoms with Gasteiger partial charge in [-0.25, -0.2) is 0 Å². The normalized spacial score (nSPS) is 28.4. The van der Waals surface area contributed by atoms with E-state index in [-0.39, 0.29) is 12.4 Å². The molecule has 0 N–H and O–H groups in total. The third-order valence-corrected chi connectivity index (χ3v) is 4.34. The second-order valence-electron chi connectivity index (χ2n) is 5.64. The van der Waals surface area contributed by atoms with Crippen LogP contribution in [0.25, 0.3) is 0 Å². The molecule has 17 heavy (non-hydrogen) atoms. The first-order chi connectivity index (χ1) is 7.86. The summed E-state index contributed by atoms with van der Waals surface area (Å²) >= 11 is 0. The Bertz CT molecular complexity index is 193. The first-order valence-corrected chi connectivity index (χ1v) is 7.32. The molecule has 0 aliphatic carbocycles. The topological polar surface area (TPSA) is 6.48 Å². The van der Waals surface area contributed by atoms with E-state index in [0.717, 1.165) is 6.04 Å². The zero-order valence-corrected chi connectivity index (χ0v) is 12.2. The van der Waals surface area contributed by atoms with Gasteiger partial charge < -0.3 is 4.90 Å². The van der Waals surface area contributed by atoms with Crippen molar-refractivity contribution < 1.29 is 0 Å². The van der Waals surface area contributed by atoms with Gasteiger partial charge in [0.15, 0.2) is 0 Å². The minimum atomic E-state index is 0. The Hall–Kier alpha value is 0.210. The number of piperidine rings is 1. The van der Waals surface area contributed by atoms with Gasteiger partial charge in [0, 0.05) is 19.1 Å². The standard InChI is InChI=1S/C14H28N2.ClH/c1-14-8-4-2-7-11-16(14)13-12-15-9-5-3-6-10-15;/h14H,2-13H2,1H3;1H. The molecule has 0 aromatic heterocycles. The summed E-state index contributed by atoms with van der Waals surface area (Å²) in [6, 6.07) is 0.826. The highest BCUT2D eigenvalue weighted by Crippen LogP contribution is 2.16. The third-order valence-electron chi connectivity index (χ3n) is 4.34. The van der Waals surface area contributed by atoms with Crippen LogP contribution < -0.4 is 0 Å². The SMILES string of the molecule is CC1CCCCCN1CCN1CCCCC1.Cl. The van der Waals surface area contributed by atoms with E-state index in [1.165, 1.54) is 77.7 Å². The van der Waals surface area contributed by atoms with Crippen LogP contribution in [0.2, 0.25) is 0 Å². The molecular formula is C14H29ClN2. The van der Waals surface area contributed by atoms with E-state index in [0.29, 0.717) is 0 Å². The minimum Gasteiger partial charge on any atom is -0.302 e. The summed E-state index contributed by atoms with van der Waals surface area (Å²) in [7, 11) is 0. The van der Waals surface area contributed by atoms with Crippen molar-refractivity contribution >= 4 is 12.4 Å². The zero-order valence-electron chi connectivity index (χ0n) is 11.4. The number of rotatable bonds is 3. The van der Waals surface area contributed by atoms with Crippen LogP contribution in [-0.4, -0.2) is 48.6 Å². The van der Waals surface area contributed by atoms with Crippen LogP contribution >= 0.6 is 12.4 Å². The van der Waals surface area contributed by atoms with E-state index in [4.69, 9.17) is 0 Å². The van der Waals surface area contributed by atoms with Gasteiger partial charge in [-0.3, -0.25) is 4.90 Å². The second-order valence-corrected chi connectivity index (χ2v) is 5.64. The van der Waals surface area contributed by atoms with Crippen molar-refractivity contribution in [1.29, 1.82) is 0 Å². The molecule has 2 rings (SSSR count). The predicted octanol–water partition coefficient (Wildman–Crippen LogP) is 3.16. The third kappa shape index (κ3) is 5.15. The van der Waals surface area contributed by atoms with Gasteiger partial charge in [-0.05, 0) is 52.2 Å². The average Bonchev–Trinajstić information content (AvgIpc) is 2.53. The molecule has 0 saturated carbocycles. The summed E-state index contributed by atoms with van der Waals surface area (Å²) in [6.07, 6.45) is 10.0. The lowest BCUT2D eigenvalue weighted by molar-refractivity contribution is 0.156. The van der Waals surface area contributed by atoms with Crippen LogP contribution in [0.3, 0.4) is 0 Å². The molecule has 2 aliphatic heterocycles. The van der Waals surface area contributed by atoms with Gasteiger partial charge in [-0.15, -0.1) is 12.4 Å². The van der Waals surface area contributed by atoms with E-state index in [1.807, 2.05) is 0 Å². The molecular weight excluding hydrogens is 232 g/mol. The summed E-state index contributed by atoms with van der Waals surface area (Å²) in [5.74, 6) is 0. The van der Waals surface area contributed by atoms with Crippen molar-refractivity contribution in [3.63, 3.8) is 0 Å². The Labute approximate surface area is 113 Å². The summed E-state index contributed by atoms with van der Waals surface area (Å²) < 4.78 is 0. The Morgan fingerprint density at radius 2 is 1.47 bits per heavy atom. The highest BCUT2D eigenvalue weighted by molar-refractivity contribution is 5.85. The van der Waals surface area contributed by atoms with Gasteiger partial charge >= 0.3 is 0 Å². The molecule has 2 aliphatic rings. The fraction of sp³-hybridized carbons (Fsp3) is 1.00. The quantitative estimate of drug-likeness (QED) is 0.769. The number of hydrogen-bond donors (Lipinski definition) is 0. The minimum absolute atomic E-state index is 0. The maximum atomic E-state index is 2.72. The largest absolute Gasteiger partial charge is 0.302 e. The molecule has 102 valence electrons. The number of halogens is 1. The fourth-order valence-electron chi connectivity index (χ4n) is 3.12. The molecule has 2 fully saturated rings. The lowest BCUT2D eigenvalue weighted by Gasteiger charge is -2.32. The smallest absolute Gasteiger partial charge is 0.0112 e. The average molecular weight is 261 g/mol. The van der Waals surface area contributed by atoms with E-state index in [2.05, 4.69) is 16.7 Å². The van der Waals surface area contributed by atoms with Gasteiger partial charge in [0.25, 0.3) is 0 Å². The maximum absolute atomic E-state index is 2.72. The molecule has 0 amide bonds. The van der Waals surface area contributed by atoms with Crippen molar-refractivity contribution in [3.8, 4) is 0 Å². The molecule has 0 bridgehead atoms. The van der Waals surface area contributed by atoms with Crippen molar-refractivity contribution in [2.75, 3.05) is 32.7 Å². The van der Waals surface area contributed by atoms with Crippen LogP contribution in [0, 0.1) is 0 Å². The first-order valence-electron chi connectivity index (χ1n) is 7.32. The summed E-state index contributed by atoms with van der Waals surface area (Å²) in [5, 5.41) is 0. The van der Waals surface area contributed by atoms with Crippen LogP contribution in [0.4, 0.5) is 0 Å². The van der Waals surface area contributed by atoms with E-state index in [9.17, 15) is 0 Å². The van der Waals surface area contributed by atoms with E-state index >= 15 is 0 Å². The Morgan fingerprint density at radius 1 is 0.824 bits per heavy atom. The Morgan fingerprint density at radius 3 is 2.24 bits per heavy atom. The number of likely N-dealkylation sites (tertiary alicyclic amines) is 2. The van der Waals surface area contributed by atoms with Crippen molar-refractivity contribution in [2.24, 2.45) is 0 Å². The summed E-state index contributed by atoms with van der Waals surface area (Å²) in [6.45, 7) is 9.08. The van der Waals surface area contributed by atoms with Gasteiger partial charge in [0.2, 0.25) is 0 Å². The summed E-state index contributed by atoms with van der Waals surface area (Å²) in [4.78, 5) is 5.39. The lowest BCUT2D eigenvalue weighted by Crippen LogP contribution is -2.41. The Balaban J connectivity index is 0.00000144. The number of nitrogens with zero attached hydrogens (tertiary/aromatic N) is 2. The zero-order chi connectivity index (χ0) is 11.2. The number of hydrogen-bond acceptors (Lipinski definition) is 2. The second kappa shape index (κ2) is 8.34. The van der Waals surface area contributed by atoms with E-state index in [1.54, 1.807) is 0 Å². The molecule has 0 spiro atoms. The van der Waals surface area contributed by atoms with Crippen molar-refractivity contribution in [1.82, 2.24) is 9.80 Å². The Kier molecular flexibility index (Phi) is 7.49. The van der Waals surface area contributed by atoms with Crippen LogP contribution in [-0.2, 0) is 0 Å². The van der Waals surface area contributed by atoms with Crippen molar-refractivity contribution in [2.45, 2.75) is 57.9 Å². The first kappa shape index (κ1) is 15.3. The summed E-state index contributed by atoms with van der Waals surface area (Å²) in [5.41, 5.74) is 0. The monoisotopic (exact) mass is 260 g/mol. The molecule has 2 saturated heterocycles. The maximum Gasteiger partial charge on any atom is 0.0112 e. The molecule has 1 atom stereocenters. The molecule has 2 nitrogen and oxygen atoms in total. The molecule has 0 radical (unpaired) electrons. The fourth-order valence-corrected chi connectivity index (χ4v) is 3.12. The van der Waals surface area contributed by atoms with E-state index < -0.39 is 0 Å². The van der Waals surface area contributed by atoms with Crippen LogP contribution in [0.15, 0.2) is 0 Å². The van der Waals surface area contributed by atoms with Gasteiger partial charge in [0.1, 0.15) is 0 Å². The molecule has 2 heterocycles. The highest BCUT2D eigenvalue weighted by atomic mass is 35.5. The molecule has 0 aromatic carbocycles. The van der Waals surface area contributed by atoms with Crippen molar-refractivity contribution in [3.05, 3.63) is 0 Å². The van der Waals surface area contributed by atoms with Crippen LogP contribution in [0.1, 0.15) is 51.9 Å².